The average molecular weight is 435 g/mol. The van der Waals surface area contributed by atoms with Crippen LogP contribution in [0.4, 0.5) is 0 Å². The summed E-state index contributed by atoms with van der Waals surface area (Å²) >= 11 is 0. The van der Waals surface area contributed by atoms with Crippen LogP contribution in [-0.2, 0) is 13.0 Å². The number of hydrogen-bond donors (Lipinski definition) is 2. The third-order valence-electron chi connectivity index (χ3n) is 4.28. The lowest BCUT2D eigenvalue weighted by molar-refractivity contribution is 0.220. The maximum atomic E-state index is 4.29. The predicted molar refractivity (Wildman–Crippen MR) is 104 cm³/mol. The molecule has 2 heterocycles. The van der Waals surface area contributed by atoms with Gasteiger partial charge in [0.15, 0.2) is 5.96 Å². The van der Waals surface area contributed by atoms with E-state index in [2.05, 4.69) is 49.3 Å². The minimum atomic E-state index is 0. The number of rotatable bonds is 6. The molecule has 1 aliphatic rings. The summed E-state index contributed by atoms with van der Waals surface area (Å²) in [4.78, 5) is 6.69. The monoisotopic (exact) mass is 435 g/mol. The van der Waals surface area contributed by atoms with Crippen LogP contribution < -0.4 is 10.6 Å². The molecule has 1 aromatic heterocycles. The Morgan fingerprint density at radius 3 is 2.74 bits per heavy atom. The molecule has 0 radical (unpaired) electrons. The van der Waals surface area contributed by atoms with Gasteiger partial charge in [-0.3, -0.25) is 4.99 Å². The molecular formula is C15H30IN7. The minimum absolute atomic E-state index is 0. The van der Waals surface area contributed by atoms with E-state index >= 15 is 0 Å². The maximum Gasteiger partial charge on any atom is 0.191 e. The fourth-order valence-electron chi connectivity index (χ4n) is 2.76. The molecule has 0 saturated carbocycles. The number of guanidine groups is 1. The molecular weight excluding hydrogens is 405 g/mol. The van der Waals surface area contributed by atoms with Crippen molar-refractivity contribution in [3.8, 4) is 0 Å². The first-order chi connectivity index (χ1) is 10.7. The Labute approximate surface area is 156 Å². The molecule has 132 valence electrons. The molecule has 0 bridgehead atoms. The smallest absolute Gasteiger partial charge is 0.191 e. The van der Waals surface area contributed by atoms with Crippen molar-refractivity contribution in [2.45, 2.75) is 32.7 Å². The first-order valence-electron chi connectivity index (χ1n) is 8.22. The summed E-state index contributed by atoms with van der Waals surface area (Å²) in [5.74, 6) is 2.65. The second kappa shape index (κ2) is 10.8. The molecule has 0 atom stereocenters. The summed E-state index contributed by atoms with van der Waals surface area (Å²) in [5.41, 5.74) is 0. The van der Waals surface area contributed by atoms with Crippen molar-refractivity contribution >= 4 is 29.9 Å². The van der Waals surface area contributed by atoms with Crippen molar-refractivity contribution in [3.63, 3.8) is 0 Å². The first kappa shape index (κ1) is 20.1. The van der Waals surface area contributed by atoms with E-state index in [9.17, 15) is 0 Å². The number of nitrogens with zero attached hydrogens (tertiary/aromatic N) is 5. The van der Waals surface area contributed by atoms with Crippen molar-refractivity contribution in [2.24, 2.45) is 10.9 Å². The highest BCUT2D eigenvalue weighted by Gasteiger charge is 2.16. The standard InChI is InChI=1S/C15H29N7.HI/c1-4-14-20-19-12-22(14)10-7-17-15(16-2)18-11-13-5-8-21(3)9-6-13;/h12-13H,4-11H2,1-3H3,(H2,16,17,18);1H. The van der Waals surface area contributed by atoms with Gasteiger partial charge in [0.2, 0.25) is 0 Å². The molecule has 0 aromatic carbocycles. The zero-order chi connectivity index (χ0) is 15.8. The Balaban J connectivity index is 0.00000264. The molecule has 23 heavy (non-hydrogen) atoms. The summed E-state index contributed by atoms with van der Waals surface area (Å²) in [7, 11) is 4.01. The van der Waals surface area contributed by atoms with E-state index in [1.165, 1.54) is 25.9 Å². The fraction of sp³-hybridized carbons (Fsp3) is 0.800. The molecule has 1 aliphatic heterocycles. The number of nitrogens with one attached hydrogen (secondary N) is 2. The number of halogens is 1. The Hall–Kier alpha value is -0.900. The number of hydrogen-bond acceptors (Lipinski definition) is 4. The quantitative estimate of drug-likeness (QED) is 0.396. The van der Waals surface area contributed by atoms with Crippen LogP contribution >= 0.6 is 24.0 Å². The highest BCUT2D eigenvalue weighted by Crippen LogP contribution is 2.14. The lowest BCUT2D eigenvalue weighted by Crippen LogP contribution is -2.43. The van der Waals surface area contributed by atoms with Crippen molar-refractivity contribution in [2.75, 3.05) is 40.3 Å². The minimum Gasteiger partial charge on any atom is -0.356 e. The Morgan fingerprint density at radius 1 is 1.35 bits per heavy atom. The van der Waals surface area contributed by atoms with Crippen LogP contribution in [0.3, 0.4) is 0 Å². The number of piperidine rings is 1. The number of aromatic nitrogens is 3. The molecule has 0 amide bonds. The second-order valence-electron chi connectivity index (χ2n) is 5.92. The molecule has 2 N–H and O–H groups in total. The largest absolute Gasteiger partial charge is 0.356 e. The van der Waals surface area contributed by atoms with E-state index in [0.717, 1.165) is 43.8 Å². The van der Waals surface area contributed by atoms with Crippen LogP contribution in [-0.4, -0.2) is 65.9 Å². The van der Waals surface area contributed by atoms with Gasteiger partial charge in [-0.25, -0.2) is 0 Å². The third-order valence-corrected chi connectivity index (χ3v) is 4.28. The van der Waals surface area contributed by atoms with Crippen molar-refractivity contribution in [1.82, 2.24) is 30.3 Å². The molecule has 2 rings (SSSR count). The predicted octanol–water partition coefficient (Wildman–Crippen LogP) is 0.965. The summed E-state index contributed by atoms with van der Waals surface area (Å²) in [6, 6.07) is 0. The average Bonchev–Trinajstić information content (AvgIpc) is 2.99. The summed E-state index contributed by atoms with van der Waals surface area (Å²) in [5, 5.41) is 14.8. The van der Waals surface area contributed by atoms with Gasteiger partial charge in [0.1, 0.15) is 12.2 Å². The van der Waals surface area contributed by atoms with Gasteiger partial charge in [-0.2, -0.15) is 0 Å². The van der Waals surface area contributed by atoms with Gasteiger partial charge in [-0.1, -0.05) is 6.92 Å². The van der Waals surface area contributed by atoms with E-state index in [1.54, 1.807) is 6.33 Å². The van der Waals surface area contributed by atoms with Crippen molar-refractivity contribution < 1.29 is 0 Å². The number of aryl methyl sites for hydroxylation is 1. The lowest BCUT2D eigenvalue weighted by Gasteiger charge is -2.29. The van der Waals surface area contributed by atoms with Crippen LogP contribution in [0.15, 0.2) is 11.3 Å². The topological polar surface area (TPSA) is 70.4 Å². The fourth-order valence-corrected chi connectivity index (χ4v) is 2.76. The molecule has 1 saturated heterocycles. The van der Waals surface area contributed by atoms with E-state index in [0.29, 0.717) is 0 Å². The normalized spacial score (nSPS) is 16.9. The summed E-state index contributed by atoms with van der Waals surface area (Å²) < 4.78 is 2.08. The summed E-state index contributed by atoms with van der Waals surface area (Å²) in [6.45, 7) is 7.16. The Kier molecular flexibility index (Phi) is 9.46. The Morgan fingerprint density at radius 2 is 2.09 bits per heavy atom. The van der Waals surface area contributed by atoms with Crippen LogP contribution in [0.2, 0.25) is 0 Å². The van der Waals surface area contributed by atoms with Crippen LogP contribution in [0.1, 0.15) is 25.6 Å². The molecule has 0 aliphatic carbocycles. The SMILES string of the molecule is CCc1nncn1CCNC(=NC)NCC1CCN(C)CC1.I. The van der Waals surface area contributed by atoms with Gasteiger partial charge < -0.3 is 20.1 Å². The van der Waals surface area contributed by atoms with E-state index in [1.807, 2.05) is 7.05 Å². The van der Waals surface area contributed by atoms with Crippen molar-refractivity contribution in [3.05, 3.63) is 12.2 Å². The van der Waals surface area contributed by atoms with Crippen LogP contribution in [0.25, 0.3) is 0 Å². The van der Waals surface area contributed by atoms with E-state index < -0.39 is 0 Å². The zero-order valence-electron chi connectivity index (χ0n) is 14.5. The van der Waals surface area contributed by atoms with Gasteiger partial charge >= 0.3 is 0 Å². The highest BCUT2D eigenvalue weighted by molar-refractivity contribution is 14.0. The summed E-state index contributed by atoms with van der Waals surface area (Å²) in [6.07, 6.45) is 5.22. The molecule has 1 aromatic rings. The zero-order valence-corrected chi connectivity index (χ0v) is 16.8. The van der Waals surface area contributed by atoms with Gasteiger partial charge in [-0.15, -0.1) is 34.2 Å². The van der Waals surface area contributed by atoms with Gasteiger partial charge in [0, 0.05) is 33.1 Å². The van der Waals surface area contributed by atoms with E-state index in [4.69, 9.17) is 0 Å². The van der Waals surface area contributed by atoms with Crippen LogP contribution in [0.5, 0.6) is 0 Å². The molecule has 7 nitrogen and oxygen atoms in total. The number of aliphatic imine (C=N–C) groups is 1. The number of likely N-dealkylation sites (tertiary alicyclic amines) is 1. The second-order valence-corrected chi connectivity index (χ2v) is 5.92. The molecule has 0 spiro atoms. The van der Waals surface area contributed by atoms with Gasteiger partial charge in [-0.05, 0) is 38.9 Å². The third kappa shape index (κ3) is 6.62. The first-order valence-corrected chi connectivity index (χ1v) is 8.22. The maximum absolute atomic E-state index is 4.29. The lowest BCUT2D eigenvalue weighted by atomic mass is 9.97. The van der Waals surface area contributed by atoms with Gasteiger partial charge in [0.25, 0.3) is 0 Å². The highest BCUT2D eigenvalue weighted by atomic mass is 127. The van der Waals surface area contributed by atoms with Crippen molar-refractivity contribution in [1.29, 1.82) is 0 Å². The van der Waals surface area contributed by atoms with E-state index in [-0.39, 0.29) is 24.0 Å². The Bertz CT molecular complexity index is 466. The molecule has 8 heteroatoms. The van der Waals surface area contributed by atoms with Crippen LogP contribution in [0, 0.1) is 5.92 Å². The molecule has 0 unspecified atom stereocenters. The van der Waals surface area contributed by atoms with Gasteiger partial charge in [0.05, 0.1) is 0 Å². The molecule has 1 fully saturated rings.